The van der Waals surface area contributed by atoms with Crippen LogP contribution in [0, 0.1) is 5.92 Å². The first-order valence-corrected chi connectivity index (χ1v) is 6.35. The molecular weight excluding hydrogens is 258 g/mol. The van der Waals surface area contributed by atoms with Gasteiger partial charge in [0.05, 0.1) is 12.3 Å². The van der Waals surface area contributed by atoms with Crippen molar-refractivity contribution in [3.8, 4) is 0 Å². The molecule has 1 aromatic carbocycles. The Balaban J connectivity index is 2.27. The average molecular weight is 275 g/mol. The lowest BCUT2D eigenvalue weighted by molar-refractivity contribution is -0.131. The molecule has 1 aliphatic heterocycles. The Kier molecular flexibility index (Phi) is 4.14. The van der Waals surface area contributed by atoms with E-state index in [0.717, 1.165) is 5.56 Å². The van der Waals surface area contributed by atoms with Crippen molar-refractivity contribution in [1.29, 1.82) is 0 Å². The van der Waals surface area contributed by atoms with Crippen molar-refractivity contribution < 1.29 is 14.7 Å². The van der Waals surface area contributed by atoms with Gasteiger partial charge in [0.15, 0.2) is 0 Å². The monoisotopic (exact) mass is 275 g/mol. The van der Waals surface area contributed by atoms with Crippen LogP contribution in [0.5, 0.6) is 0 Å². The number of amides is 2. The van der Waals surface area contributed by atoms with Crippen LogP contribution >= 0.6 is 0 Å². The van der Waals surface area contributed by atoms with Crippen LogP contribution in [0.4, 0.5) is 5.69 Å². The second-order valence-electron chi connectivity index (χ2n) is 4.74. The minimum absolute atomic E-state index is 0.109. The predicted molar refractivity (Wildman–Crippen MR) is 75.2 cm³/mol. The molecule has 1 atom stereocenters. The molecule has 2 rings (SSSR count). The summed E-state index contributed by atoms with van der Waals surface area (Å²) in [4.78, 5) is 22.5. The number of anilines is 1. The van der Waals surface area contributed by atoms with Crippen molar-refractivity contribution in [1.82, 2.24) is 5.01 Å². The van der Waals surface area contributed by atoms with Gasteiger partial charge < -0.3 is 10.4 Å². The van der Waals surface area contributed by atoms with Crippen LogP contribution < -0.4 is 5.32 Å². The lowest BCUT2D eigenvalue weighted by Crippen LogP contribution is -2.36. The quantitative estimate of drug-likeness (QED) is 0.856. The molecular formula is C14H17N3O3. The summed E-state index contributed by atoms with van der Waals surface area (Å²) < 4.78 is 0. The number of nitrogens with zero attached hydrogens (tertiary/aromatic N) is 2. The van der Waals surface area contributed by atoms with E-state index >= 15 is 0 Å². The van der Waals surface area contributed by atoms with E-state index in [9.17, 15) is 14.7 Å². The van der Waals surface area contributed by atoms with Gasteiger partial charge in [0.25, 0.3) is 0 Å². The molecule has 0 radical (unpaired) electrons. The fourth-order valence-electron chi connectivity index (χ4n) is 2.11. The molecule has 0 bridgehead atoms. The largest absolute Gasteiger partial charge is 0.396 e. The highest BCUT2D eigenvalue weighted by molar-refractivity contribution is 6.06. The molecule has 1 aliphatic rings. The van der Waals surface area contributed by atoms with Crippen LogP contribution in [-0.2, 0) is 9.59 Å². The Hall–Kier alpha value is -2.21. The molecule has 0 fully saturated rings. The van der Waals surface area contributed by atoms with E-state index in [-0.39, 0.29) is 30.8 Å². The van der Waals surface area contributed by atoms with E-state index in [4.69, 9.17) is 0 Å². The Bertz CT molecular complexity index is 551. The summed E-state index contributed by atoms with van der Waals surface area (Å²) in [6.07, 6.45) is 0.249. The van der Waals surface area contributed by atoms with Crippen LogP contribution in [-0.4, -0.2) is 41.3 Å². The van der Waals surface area contributed by atoms with Crippen molar-refractivity contribution in [3.63, 3.8) is 0 Å². The van der Waals surface area contributed by atoms with Crippen molar-refractivity contribution in [3.05, 3.63) is 29.8 Å². The van der Waals surface area contributed by atoms with Gasteiger partial charge in [-0.1, -0.05) is 12.1 Å². The number of aliphatic hydroxyl groups excluding tert-OH is 1. The number of aliphatic hydroxyl groups is 1. The molecule has 0 spiro atoms. The van der Waals surface area contributed by atoms with Crippen LogP contribution in [0.1, 0.15) is 18.9 Å². The summed E-state index contributed by atoms with van der Waals surface area (Å²) in [6.45, 7) is 1.33. The third-order valence-electron chi connectivity index (χ3n) is 3.15. The van der Waals surface area contributed by atoms with Crippen LogP contribution in [0.15, 0.2) is 29.4 Å². The second-order valence-corrected chi connectivity index (χ2v) is 4.74. The first kappa shape index (κ1) is 14.2. The highest BCUT2D eigenvalue weighted by Gasteiger charge is 2.27. The van der Waals surface area contributed by atoms with Crippen molar-refractivity contribution in [2.45, 2.75) is 13.3 Å². The van der Waals surface area contributed by atoms with Gasteiger partial charge in [-0.3, -0.25) is 9.59 Å². The Morgan fingerprint density at radius 2 is 2.10 bits per heavy atom. The number of carbonyl (C=O) groups excluding carboxylic acids is 2. The van der Waals surface area contributed by atoms with Crippen molar-refractivity contribution in [2.75, 3.05) is 19.0 Å². The summed E-state index contributed by atoms with van der Waals surface area (Å²) in [7, 11) is 1.60. The molecule has 6 nitrogen and oxygen atoms in total. The maximum atomic E-state index is 11.6. The lowest BCUT2D eigenvalue weighted by Gasteiger charge is -2.26. The lowest BCUT2D eigenvalue weighted by atomic mass is 9.92. The normalized spacial score (nSPS) is 18.8. The van der Waals surface area contributed by atoms with Gasteiger partial charge in [-0.15, -0.1) is 0 Å². The van der Waals surface area contributed by atoms with Crippen LogP contribution in [0.3, 0.4) is 0 Å². The number of carbonyl (C=O) groups is 2. The zero-order valence-corrected chi connectivity index (χ0v) is 11.5. The van der Waals surface area contributed by atoms with Gasteiger partial charge in [0.2, 0.25) is 11.8 Å². The fourth-order valence-corrected chi connectivity index (χ4v) is 2.11. The molecule has 6 heteroatoms. The van der Waals surface area contributed by atoms with E-state index in [2.05, 4.69) is 10.4 Å². The minimum atomic E-state index is -0.287. The highest BCUT2D eigenvalue weighted by Crippen LogP contribution is 2.21. The van der Waals surface area contributed by atoms with E-state index in [1.54, 1.807) is 19.2 Å². The molecule has 1 aromatic rings. The van der Waals surface area contributed by atoms with Gasteiger partial charge in [-0.2, -0.15) is 5.10 Å². The molecule has 20 heavy (non-hydrogen) atoms. The highest BCUT2D eigenvalue weighted by atomic mass is 16.3. The summed E-state index contributed by atoms with van der Waals surface area (Å²) in [5.41, 5.74) is 2.21. The molecule has 106 valence electrons. The number of hydrogen-bond donors (Lipinski definition) is 2. The molecule has 0 aliphatic carbocycles. The minimum Gasteiger partial charge on any atom is -0.396 e. The first-order chi connectivity index (χ1) is 9.51. The summed E-state index contributed by atoms with van der Waals surface area (Å²) in [6, 6.07) is 7.17. The van der Waals surface area contributed by atoms with E-state index in [1.807, 2.05) is 12.1 Å². The third-order valence-corrected chi connectivity index (χ3v) is 3.15. The van der Waals surface area contributed by atoms with E-state index < -0.39 is 0 Å². The molecule has 2 N–H and O–H groups in total. The summed E-state index contributed by atoms with van der Waals surface area (Å²) in [5.74, 6) is -0.528. The number of benzene rings is 1. The Morgan fingerprint density at radius 1 is 1.45 bits per heavy atom. The maximum Gasteiger partial charge on any atom is 0.243 e. The Morgan fingerprint density at radius 3 is 2.65 bits per heavy atom. The number of hydrazone groups is 1. The van der Waals surface area contributed by atoms with Crippen LogP contribution in [0.2, 0.25) is 0 Å². The van der Waals surface area contributed by atoms with Crippen molar-refractivity contribution in [2.24, 2.45) is 11.0 Å². The molecule has 1 heterocycles. The van der Waals surface area contributed by atoms with Gasteiger partial charge in [-0.25, -0.2) is 5.01 Å². The molecule has 2 amide bonds. The van der Waals surface area contributed by atoms with Gasteiger partial charge >= 0.3 is 0 Å². The van der Waals surface area contributed by atoms with E-state index in [1.165, 1.54) is 11.9 Å². The molecule has 1 unspecified atom stereocenters. The SMILES string of the molecule is CC(=O)Nc1ccc(C2=NN(C)C(=O)CC2CO)cc1. The summed E-state index contributed by atoms with van der Waals surface area (Å²) >= 11 is 0. The fraction of sp³-hybridized carbons (Fsp3) is 0.357. The first-order valence-electron chi connectivity index (χ1n) is 6.35. The van der Waals surface area contributed by atoms with Gasteiger partial charge in [-0.05, 0) is 17.7 Å². The topological polar surface area (TPSA) is 82.0 Å². The number of nitrogens with one attached hydrogen (secondary N) is 1. The molecule has 0 saturated carbocycles. The van der Waals surface area contributed by atoms with E-state index in [0.29, 0.717) is 11.4 Å². The maximum absolute atomic E-state index is 11.6. The zero-order valence-electron chi connectivity index (χ0n) is 11.5. The molecule has 0 aromatic heterocycles. The van der Waals surface area contributed by atoms with Gasteiger partial charge in [0.1, 0.15) is 0 Å². The number of hydrogen-bond acceptors (Lipinski definition) is 4. The average Bonchev–Trinajstić information content (AvgIpc) is 2.41. The Labute approximate surface area is 117 Å². The molecule has 0 saturated heterocycles. The third kappa shape index (κ3) is 3.03. The van der Waals surface area contributed by atoms with Crippen LogP contribution in [0.25, 0.3) is 0 Å². The predicted octanol–water partition coefficient (Wildman–Crippen LogP) is 0.820. The zero-order chi connectivity index (χ0) is 14.7. The number of rotatable bonds is 3. The summed E-state index contributed by atoms with van der Waals surface area (Å²) in [5, 5.41) is 17.6. The standard InChI is InChI=1S/C14H17N3O3/c1-9(19)15-12-5-3-10(4-6-12)14-11(8-18)7-13(20)17(2)16-14/h3-6,11,18H,7-8H2,1-2H3,(H,15,19). The van der Waals surface area contributed by atoms with Crippen molar-refractivity contribution >= 4 is 23.2 Å². The van der Waals surface area contributed by atoms with Gasteiger partial charge in [0, 0.05) is 32.0 Å². The smallest absolute Gasteiger partial charge is 0.243 e. The second kappa shape index (κ2) is 5.83.